The van der Waals surface area contributed by atoms with Gasteiger partial charge in [-0.1, -0.05) is 12.1 Å². The zero-order chi connectivity index (χ0) is 19.4. The Balaban J connectivity index is 1.48. The number of aryl methyl sites for hydroxylation is 1. The fourth-order valence-corrected chi connectivity index (χ4v) is 3.09. The third-order valence-corrected chi connectivity index (χ3v) is 4.67. The summed E-state index contributed by atoms with van der Waals surface area (Å²) in [6.45, 7) is 0.936. The van der Waals surface area contributed by atoms with E-state index >= 15 is 0 Å². The number of hydrogen-bond acceptors (Lipinski definition) is 5. The number of benzene rings is 1. The minimum atomic E-state index is -4.64. The van der Waals surface area contributed by atoms with E-state index < -0.39 is 12.1 Å². The number of halogens is 3. The largest absolute Gasteiger partial charge is 0.497 e. The topological polar surface area (TPSA) is 68.5 Å². The van der Waals surface area contributed by atoms with Crippen LogP contribution in [0.15, 0.2) is 28.7 Å². The molecule has 1 aromatic carbocycles. The van der Waals surface area contributed by atoms with Gasteiger partial charge in [-0.3, -0.25) is 4.79 Å². The summed E-state index contributed by atoms with van der Waals surface area (Å²) in [5.74, 6) is -0.782. The van der Waals surface area contributed by atoms with Gasteiger partial charge in [-0.15, -0.1) is 10.2 Å². The molecule has 9 heteroatoms. The molecule has 1 aliphatic rings. The smallest absolute Gasteiger partial charge is 0.470 e. The van der Waals surface area contributed by atoms with Crippen LogP contribution in [-0.2, 0) is 17.4 Å². The van der Waals surface area contributed by atoms with E-state index in [0.29, 0.717) is 38.8 Å². The Bertz CT molecular complexity index is 766. The maximum Gasteiger partial charge on any atom is 0.470 e. The summed E-state index contributed by atoms with van der Waals surface area (Å²) in [6, 6.07) is 7.55. The first-order valence-electron chi connectivity index (χ1n) is 8.68. The molecule has 0 saturated carbocycles. The molecule has 0 atom stereocenters. The summed E-state index contributed by atoms with van der Waals surface area (Å²) < 4.78 is 47.5. The molecule has 0 bridgehead atoms. The number of carbonyl (C=O) groups excluding carboxylic acids is 1. The summed E-state index contributed by atoms with van der Waals surface area (Å²) >= 11 is 0. The number of amides is 1. The van der Waals surface area contributed by atoms with Crippen LogP contribution in [0.5, 0.6) is 5.75 Å². The van der Waals surface area contributed by atoms with Gasteiger partial charge in [0, 0.05) is 25.4 Å². The van der Waals surface area contributed by atoms with Crippen LogP contribution in [0.4, 0.5) is 13.2 Å². The standard InChI is InChI=1S/C18H20F3N3O3/c1-26-14-5-2-12(3-6-14)4-7-15(25)24-10-8-13(9-11-24)16-22-23-17(27-16)18(19,20)21/h2-3,5-6,13H,4,7-11H2,1H3. The molecular weight excluding hydrogens is 363 g/mol. The molecule has 6 nitrogen and oxygen atoms in total. The average molecular weight is 383 g/mol. The lowest BCUT2D eigenvalue weighted by Gasteiger charge is -2.30. The molecule has 27 heavy (non-hydrogen) atoms. The second-order valence-corrected chi connectivity index (χ2v) is 6.45. The van der Waals surface area contributed by atoms with E-state index in [2.05, 4.69) is 10.2 Å². The lowest BCUT2D eigenvalue weighted by atomic mass is 9.96. The van der Waals surface area contributed by atoms with Gasteiger partial charge in [-0.05, 0) is 37.0 Å². The first-order chi connectivity index (χ1) is 12.9. The number of ether oxygens (including phenoxy) is 1. The molecule has 0 aliphatic carbocycles. The molecule has 0 unspecified atom stereocenters. The number of piperidine rings is 1. The van der Waals surface area contributed by atoms with E-state index in [9.17, 15) is 18.0 Å². The SMILES string of the molecule is COc1ccc(CCC(=O)N2CCC(c3nnc(C(F)(F)F)o3)CC2)cc1. The minimum absolute atomic E-state index is 0.00680. The fourth-order valence-electron chi connectivity index (χ4n) is 3.09. The van der Waals surface area contributed by atoms with Gasteiger partial charge < -0.3 is 14.1 Å². The van der Waals surface area contributed by atoms with Crippen molar-refractivity contribution < 1.29 is 27.1 Å². The first kappa shape index (κ1) is 19.2. The first-order valence-corrected chi connectivity index (χ1v) is 8.68. The van der Waals surface area contributed by atoms with E-state index in [1.54, 1.807) is 12.0 Å². The van der Waals surface area contributed by atoms with Crippen LogP contribution in [0, 0.1) is 0 Å². The maximum absolute atomic E-state index is 12.5. The third-order valence-electron chi connectivity index (χ3n) is 4.67. The number of aromatic nitrogens is 2. The quantitative estimate of drug-likeness (QED) is 0.791. The van der Waals surface area contributed by atoms with Crippen molar-refractivity contribution in [2.24, 2.45) is 0 Å². The monoisotopic (exact) mass is 383 g/mol. The van der Waals surface area contributed by atoms with Gasteiger partial charge in [0.05, 0.1) is 7.11 Å². The zero-order valence-electron chi connectivity index (χ0n) is 14.8. The Labute approximate surface area is 154 Å². The Morgan fingerprint density at radius 3 is 2.44 bits per heavy atom. The summed E-state index contributed by atoms with van der Waals surface area (Å²) in [5, 5.41) is 6.58. The van der Waals surface area contributed by atoms with Crippen LogP contribution in [0.1, 0.15) is 42.5 Å². The molecule has 2 aromatic rings. The van der Waals surface area contributed by atoms with E-state index in [1.165, 1.54) is 0 Å². The van der Waals surface area contributed by atoms with E-state index in [0.717, 1.165) is 11.3 Å². The normalized spacial score (nSPS) is 15.8. The van der Waals surface area contributed by atoms with Gasteiger partial charge in [0.2, 0.25) is 11.8 Å². The molecule has 0 radical (unpaired) electrons. The lowest BCUT2D eigenvalue weighted by molar-refractivity contribution is -0.157. The van der Waals surface area contributed by atoms with Gasteiger partial charge in [0.15, 0.2) is 0 Å². The molecule has 146 valence electrons. The lowest BCUT2D eigenvalue weighted by Crippen LogP contribution is -2.38. The molecule has 1 aliphatic heterocycles. The highest BCUT2D eigenvalue weighted by molar-refractivity contribution is 5.76. The minimum Gasteiger partial charge on any atom is -0.497 e. The van der Waals surface area contributed by atoms with Crippen LogP contribution < -0.4 is 4.74 Å². The second kappa shape index (κ2) is 7.98. The Morgan fingerprint density at radius 2 is 1.89 bits per heavy atom. The average Bonchev–Trinajstić information content (AvgIpc) is 3.17. The number of hydrogen-bond donors (Lipinski definition) is 0. The molecule has 0 spiro atoms. The molecule has 1 fully saturated rings. The maximum atomic E-state index is 12.5. The van der Waals surface area contributed by atoms with Gasteiger partial charge in [0.1, 0.15) is 5.75 Å². The van der Waals surface area contributed by atoms with Gasteiger partial charge >= 0.3 is 12.1 Å². The van der Waals surface area contributed by atoms with Crippen molar-refractivity contribution >= 4 is 5.91 Å². The Kier molecular flexibility index (Phi) is 5.67. The molecule has 1 aromatic heterocycles. The molecule has 0 N–H and O–H groups in total. The van der Waals surface area contributed by atoms with Crippen molar-refractivity contribution in [2.75, 3.05) is 20.2 Å². The Hall–Kier alpha value is -2.58. The number of likely N-dealkylation sites (tertiary alicyclic amines) is 1. The predicted molar refractivity (Wildman–Crippen MR) is 89.2 cm³/mol. The second-order valence-electron chi connectivity index (χ2n) is 6.45. The fraction of sp³-hybridized carbons (Fsp3) is 0.500. The van der Waals surface area contributed by atoms with Crippen LogP contribution in [0.2, 0.25) is 0 Å². The summed E-state index contributed by atoms with van der Waals surface area (Å²) in [4.78, 5) is 14.1. The van der Waals surface area contributed by atoms with E-state index in [-0.39, 0.29) is 17.7 Å². The van der Waals surface area contributed by atoms with Crippen LogP contribution >= 0.6 is 0 Å². The van der Waals surface area contributed by atoms with Crippen molar-refractivity contribution in [1.82, 2.24) is 15.1 Å². The summed E-state index contributed by atoms with van der Waals surface area (Å²) in [5.41, 5.74) is 1.05. The molecular formula is C18H20F3N3O3. The van der Waals surface area contributed by atoms with Gasteiger partial charge in [-0.2, -0.15) is 13.2 Å². The number of rotatable bonds is 5. The van der Waals surface area contributed by atoms with Crippen molar-refractivity contribution in [3.63, 3.8) is 0 Å². The molecule has 1 saturated heterocycles. The number of alkyl halides is 3. The van der Waals surface area contributed by atoms with Crippen LogP contribution in [-0.4, -0.2) is 41.2 Å². The van der Waals surface area contributed by atoms with Crippen LogP contribution in [0.3, 0.4) is 0 Å². The van der Waals surface area contributed by atoms with Gasteiger partial charge in [-0.25, -0.2) is 0 Å². The van der Waals surface area contributed by atoms with Crippen molar-refractivity contribution in [3.8, 4) is 5.75 Å². The van der Waals surface area contributed by atoms with Crippen molar-refractivity contribution in [2.45, 2.75) is 37.8 Å². The highest BCUT2D eigenvalue weighted by atomic mass is 19.4. The highest BCUT2D eigenvalue weighted by Gasteiger charge is 2.39. The third kappa shape index (κ3) is 4.78. The predicted octanol–water partition coefficient (Wildman–Crippen LogP) is 3.44. The van der Waals surface area contributed by atoms with Crippen LogP contribution in [0.25, 0.3) is 0 Å². The molecule has 1 amide bonds. The molecule has 2 heterocycles. The number of nitrogens with zero attached hydrogens (tertiary/aromatic N) is 3. The van der Waals surface area contributed by atoms with Gasteiger partial charge in [0.25, 0.3) is 0 Å². The molecule has 3 rings (SSSR count). The highest BCUT2D eigenvalue weighted by Crippen LogP contribution is 2.32. The van der Waals surface area contributed by atoms with E-state index in [1.807, 2.05) is 24.3 Å². The summed E-state index contributed by atoms with van der Waals surface area (Å²) in [6.07, 6.45) is -2.61. The number of carbonyl (C=O) groups is 1. The summed E-state index contributed by atoms with van der Waals surface area (Å²) in [7, 11) is 1.60. The number of methoxy groups -OCH3 is 1. The Morgan fingerprint density at radius 1 is 1.22 bits per heavy atom. The van der Waals surface area contributed by atoms with E-state index in [4.69, 9.17) is 9.15 Å². The van der Waals surface area contributed by atoms with Crippen molar-refractivity contribution in [1.29, 1.82) is 0 Å². The zero-order valence-corrected chi connectivity index (χ0v) is 14.8. The van der Waals surface area contributed by atoms with Crippen molar-refractivity contribution in [3.05, 3.63) is 41.6 Å².